The molecule has 0 aliphatic carbocycles. The zero-order chi connectivity index (χ0) is 15.3. The molecule has 0 saturated carbocycles. The Hall–Kier alpha value is -1.56. The lowest BCUT2D eigenvalue weighted by molar-refractivity contribution is -0.137. The summed E-state index contributed by atoms with van der Waals surface area (Å²) < 4.78 is 42.9. The van der Waals surface area contributed by atoms with Gasteiger partial charge in [0, 0.05) is 26.2 Å². The first-order valence-electron chi connectivity index (χ1n) is 6.96. The van der Waals surface area contributed by atoms with Crippen molar-refractivity contribution in [2.24, 2.45) is 5.92 Å². The number of benzene rings is 1. The van der Waals surface area contributed by atoms with Gasteiger partial charge in [-0.25, -0.2) is 0 Å². The van der Waals surface area contributed by atoms with Crippen LogP contribution in [-0.2, 0) is 22.1 Å². The first kappa shape index (κ1) is 15.8. The lowest BCUT2D eigenvalue weighted by Gasteiger charge is -2.10. The summed E-state index contributed by atoms with van der Waals surface area (Å²) in [6.45, 7) is 1.65. The van der Waals surface area contributed by atoms with Gasteiger partial charge in [-0.05, 0) is 30.4 Å². The van der Waals surface area contributed by atoms with E-state index in [1.807, 2.05) is 0 Å². The molecule has 1 unspecified atom stereocenters. The van der Waals surface area contributed by atoms with E-state index >= 15 is 0 Å². The number of rotatable bonds is 5. The average molecular weight is 301 g/mol. The number of halogens is 3. The molecule has 1 amide bonds. The number of alkyl halides is 3. The Morgan fingerprint density at radius 1 is 1.38 bits per heavy atom. The SMILES string of the molecule is O=C(CC1CCOC1)NCCc1cccc(C(F)(F)F)c1. The third-order valence-electron chi connectivity index (χ3n) is 3.49. The van der Waals surface area contributed by atoms with Crippen molar-refractivity contribution >= 4 is 5.91 Å². The summed E-state index contributed by atoms with van der Waals surface area (Å²) in [6, 6.07) is 5.18. The van der Waals surface area contributed by atoms with Crippen LogP contribution in [0.2, 0.25) is 0 Å². The van der Waals surface area contributed by atoms with Crippen LogP contribution in [0.4, 0.5) is 13.2 Å². The maximum atomic E-state index is 12.6. The molecule has 116 valence electrons. The Balaban J connectivity index is 1.76. The highest BCUT2D eigenvalue weighted by atomic mass is 19.4. The molecule has 2 rings (SSSR count). The molecule has 1 aromatic rings. The molecule has 6 heteroatoms. The van der Waals surface area contributed by atoms with Gasteiger partial charge in [0.2, 0.25) is 5.91 Å². The van der Waals surface area contributed by atoms with Crippen molar-refractivity contribution in [3.8, 4) is 0 Å². The molecule has 1 atom stereocenters. The molecule has 1 saturated heterocycles. The van der Waals surface area contributed by atoms with E-state index in [0.29, 0.717) is 38.2 Å². The fraction of sp³-hybridized carbons (Fsp3) is 0.533. The van der Waals surface area contributed by atoms with Gasteiger partial charge in [-0.15, -0.1) is 0 Å². The Kier molecular flexibility index (Phi) is 5.22. The normalized spacial score (nSPS) is 18.7. The molecule has 1 heterocycles. The number of carbonyl (C=O) groups excluding carboxylic acids is 1. The maximum Gasteiger partial charge on any atom is 0.416 e. The summed E-state index contributed by atoms with van der Waals surface area (Å²) in [6.07, 6.45) is -2.64. The second kappa shape index (κ2) is 6.93. The van der Waals surface area contributed by atoms with Gasteiger partial charge in [0.15, 0.2) is 0 Å². The third kappa shape index (κ3) is 5.04. The van der Waals surface area contributed by atoms with Gasteiger partial charge >= 0.3 is 6.18 Å². The van der Waals surface area contributed by atoms with Gasteiger partial charge in [-0.2, -0.15) is 13.2 Å². The van der Waals surface area contributed by atoms with Crippen LogP contribution >= 0.6 is 0 Å². The van der Waals surface area contributed by atoms with Crippen molar-refractivity contribution in [1.82, 2.24) is 5.32 Å². The molecule has 21 heavy (non-hydrogen) atoms. The Labute approximate surface area is 121 Å². The fourth-order valence-electron chi connectivity index (χ4n) is 2.33. The van der Waals surface area contributed by atoms with Crippen LogP contribution in [0.25, 0.3) is 0 Å². The van der Waals surface area contributed by atoms with Crippen molar-refractivity contribution in [1.29, 1.82) is 0 Å². The Bertz CT molecular complexity index is 482. The summed E-state index contributed by atoms with van der Waals surface area (Å²) in [7, 11) is 0. The van der Waals surface area contributed by atoms with Gasteiger partial charge in [0.1, 0.15) is 0 Å². The summed E-state index contributed by atoms with van der Waals surface area (Å²) in [5.74, 6) is 0.191. The zero-order valence-electron chi connectivity index (χ0n) is 11.6. The Morgan fingerprint density at radius 3 is 2.86 bits per heavy atom. The highest BCUT2D eigenvalue weighted by molar-refractivity contribution is 5.76. The molecule has 1 aliphatic heterocycles. The predicted octanol–water partition coefficient (Wildman–Crippen LogP) is 2.79. The molecule has 1 fully saturated rings. The second-order valence-electron chi connectivity index (χ2n) is 5.23. The van der Waals surface area contributed by atoms with E-state index in [0.717, 1.165) is 18.6 Å². The van der Waals surface area contributed by atoms with E-state index in [9.17, 15) is 18.0 Å². The van der Waals surface area contributed by atoms with E-state index in [-0.39, 0.29) is 11.8 Å². The quantitative estimate of drug-likeness (QED) is 0.908. The summed E-state index contributed by atoms with van der Waals surface area (Å²) in [5.41, 5.74) is -0.0937. The maximum absolute atomic E-state index is 12.6. The van der Waals surface area contributed by atoms with Crippen molar-refractivity contribution < 1.29 is 22.7 Å². The molecule has 0 spiro atoms. The average Bonchev–Trinajstić information content (AvgIpc) is 2.91. The molecule has 1 aromatic carbocycles. The molecule has 0 bridgehead atoms. The van der Waals surface area contributed by atoms with Crippen LogP contribution in [-0.4, -0.2) is 25.7 Å². The topological polar surface area (TPSA) is 38.3 Å². The van der Waals surface area contributed by atoms with Crippen LogP contribution in [0.1, 0.15) is 24.0 Å². The summed E-state index contributed by atoms with van der Waals surface area (Å²) >= 11 is 0. The molecule has 1 aliphatic rings. The van der Waals surface area contributed by atoms with Crippen molar-refractivity contribution in [2.75, 3.05) is 19.8 Å². The zero-order valence-corrected chi connectivity index (χ0v) is 11.6. The highest BCUT2D eigenvalue weighted by Gasteiger charge is 2.30. The van der Waals surface area contributed by atoms with E-state index < -0.39 is 11.7 Å². The van der Waals surface area contributed by atoms with E-state index in [1.165, 1.54) is 6.07 Å². The number of hydrogen-bond donors (Lipinski definition) is 1. The number of carbonyl (C=O) groups is 1. The van der Waals surface area contributed by atoms with Crippen molar-refractivity contribution in [2.45, 2.75) is 25.4 Å². The smallest absolute Gasteiger partial charge is 0.381 e. The van der Waals surface area contributed by atoms with Gasteiger partial charge in [-0.1, -0.05) is 18.2 Å². The van der Waals surface area contributed by atoms with Crippen LogP contribution in [0.15, 0.2) is 24.3 Å². The van der Waals surface area contributed by atoms with Gasteiger partial charge in [-0.3, -0.25) is 4.79 Å². The van der Waals surface area contributed by atoms with Crippen LogP contribution in [0, 0.1) is 5.92 Å². The largest absolute Gasteiger partial charge is 0.416 e. The molecule has 3 nitrogen and oxygen atoms in total. The van der Waals surface area contributed by atoms with Crippen LogP contribution < -0.4 is 5.32 Å². The molecular formula is C15H18F3NO2. The second-order valence-corrected chi connectivity index (χ2v) is 5.23. The summed E-state index contributed by atoms with van der Waals surface area (Å²) in [4.78, 5) is 11.7. The third-order valence-corrected chi connectivity index (χ3v) is 3.49. The predicted molar refractivity (Wildman–Crippen MR) is 71.7 cm³/mol. The minimum atomic E-state index is -4.33. The number of nitrogens with one attached hydrogen (secondary N) is 1. The molecule has 1 N–H and O–H groups in total. The van der Waals surface area contributed by atoms with Gasteiger partial charge in [0.05, 0.1) is 5.56 Å². The first-order chi connectivity index (χ1) is 9.95. The van der Waals surface area contributed by atoms with Crippen LogP contribution in [0.3, 0.4) is 0 Å². The minimum Gasteiger partial charge on any atom is -0.381 e. The standard InChI is InChI=1S/C15H18F3NO2/c16-15(17,18)13-3-1-2-11(8-13)4-6-19-14(20)9-12-5-7-21-10-12/h1-3,8,12H,4-7,9-10H2,(H,19,20). The molecule has 0 radical (unpaired) electrons. The fourth-order valence-corrected chi connectivity index (χ4v) is 2.33. The molecule has 0 aromatic heterocycles. The first-order valence-corrected chi connectivity index (χ1v) is 6.96. The monoisotopic (exact) mass is 301 g/mol. The van der Waals surface area contributed by atoms with Crippen molar-refractivity contribution in [3.63, 3.8) is 0 Å². The lowest BCUT2D eigenvalue weighted by atomic mass is 10.0. The van der Waals surface area contributed by atoms with E-state index in [1.54, 1.807) is 6.07 Å². The summed E-state index contributed by atoms with van der Waals surface area (Å²) in [5, 5.41) is 2.74. The minimum absolute atomic E-state index is 0.0718. The van der Waals surface area contributed by atoms with Gasteiger partial charge < -0.3 is 10.1 Å². The lowest BCUT2D eigenvalue weighted by Crippen LogP contribution is -2.27. The number of ether oxygens (including phenoxy) is 1. The molecular weight excluding hydrogens is 283 g/mol. The Morgan fingerprint density at radius 2 is 2.19 bits per heavy atom. The van der Waals surface area contributed by atoms with Crippen LogP contribution in [0.5, 0.6) is 0 Å². The van der Waals surface area contributed by atoms with Gasteiger partial charge in [0.25, 0.3) is 0 Å². The van der Waals surface area contributed by atoms with Crippen molar-refractivity contribution in [3.05, 3.63) is 35.4 Å². The van der Waals surface area contributed by atoms with E-state index in [2.05, 4.69) is 5.32 Å². The highest BCUT2D eigenvalue weighted by Crippen LogP contribution is 2.29. The van der Waals surface area contributed by atoms with E-state index in [4.69, 9.17) is 4.74 Å². The number of amides is 1. The number of hydrogen-bond acceptors (Lipinski definition) is 2.